The molecule has 1 amide bonds. The van der Waals surface area contributed by atoms with Gasteiger partial charge in [0.15, 0.2) is 0 Å². The molecule has 0 bridgehead atoms. The highest BCUT2D eigenvalue weighted by Crippen LogP contribution is 2.31. The van der Waals surface area contributed by atoms with Crippen molar-refractivity contribution in [2.75, 3.05) is 25.2 Å². The van der Waals surface area contributed by atoms with E-state index >= 15 is 0 Å². The molecule has 2 aromatic carbocycles. The average molecular weight is 384 g/mol. The lowest BCUT2D eigenvalue weighted by Gasteiger charge is -2.32. The van der Waals surface area contributed by atoms with Crippen LogP contribution in [0.3, 0.4) is 0 Å². The van der Waals surface area contributed by atoms with Gasteiger partial charge in [-0.2, -0.15) is 0 Å². The number of carbonyl (C=O) groups is 1. The van der Waals surface area contributed by atoms with Gasteiger partial charge in [0.1, 0.15) is 0 Å². The fourth-order valence-electron chi connectivity index (χ4n) is 3.82. The van der Waals surface area contributed by atoms with E-state index < -0.39 is 0 Å². The van der Waals surface area contributed by atoms with Gasteiger partial charge in [-0.25, -0.2) is 0 Å². The first-order chi connectivity index (χ1) is 13.0. The maximum absolute atomic E-state index is 13.0. The molecular weight excluding hydrogens is 362 g/mol. The number of rotatable bonds is 3. The zero-order valence-electron chi connectivity index (χ0n) is 15.2. The Morgan fingerprint density at radius 3 is 2.56 bits per heavy atom. The predicted molar refractivity (Wildman–Crippen MR) is 108 cm³/mol. The quantitative estimate of drug-likeness (QED) is 0.646. The lowest BCUT2D eigenvalue weighted by molar-refractivity contribution is 0.0715. The third-order valence-electron chi connectivity index (χ3n) is 5.39. The number of piperidine rings is 1. The Balaban J connectivity index is 1.44. The first-order valence-electron chi connectivity index (χ1n) is 9.11. The molecule has 2 heterocycles. The minimum atomic E-state index is 0.0688. The molecule has 140 valence electrons. The summed E-state index contributed by atoms with van der Waals surface area (Å²) in [5, 5.41) is 12.2. The van der Waals surface area contributed by atoms with Crippen molar-refractivity contribution >= 4 is 34.1 Å². The first kappa shape index (κ1) is 17.9. The fraction of sp³-hybridized carbons (Fsp3) is 0.286. The molecule has 6 heteroatoms. The number of fused-ring (bicyclic) bond motifs is 1. The Bertz CT molecular complexity index is 957. The van der Waals surface area contributed by atoms with Crippen molar-refractivity contribution in [1.29, 1.82) is 0 Å². The number of H-pyrrole nitrogens is 1. The standard InChI is InChI=1S/C21H22ClN3O2/c1-24(27)17-5-2-14(3-6-17)15-8-10-25(11-9-15)21(26)19-13-23-20-12-16(22)4-7-18(19)20/h2-7,12-13,15,23,27H,8-11H2,1H3. The molecule has 0 saturated carbocycles. The van der Waals surface area contributed by atoms with E-state index in [9.17, 15) is 10.0 Å². The Labute approximate surface area is 163 Å². The first-order valence-corrected chi connectivity index (χ1v) is 9.49. The minimum Gasteiger partial charge on any atom is -0.360 e. The lowest BCUT2D eigenvalue weighted by Crippen LogP contribution is -2.37. The summed E-state index contributed by atoms with van der Waals surface area (Å²) < 4.78 is 0. The van der Waals surface area contributed by atoms with Gasteiger partial charge in [-0.3, -0.25) is 15.1 Å². The molecule has 0 spiro atoms. The highest BCUT2D eigenvalue weighted by Gasteiger charge is 2.26. The van der Waals surface area contributed by atoms with Crippen LogP contribution in [-0.4, -0.2) is 41.1 Å². The number of nitrogens with one attached hydrogen (secondary N) is 1. The van der Waals surface area contributed by atoms with E-state index in [1.165, 1.54) is 5.56 Å². The molecule has 5 nitrogen and oxygen atoms in total. The van der Waals surface area contributed by atoms with Crippen molar-refractivity contribution in [3.8, 4) is 0 Å². The van der Waals surface area contributed by atoms with Crippen LogP contribution in [0.5, 0.6) is 0 Å². The molecule has 0 unspecified atom stereocenters. The zero-order chi connectivity index (χ0) is 19.0. The SMILES string of the molecule is CN(O)c1ccc(C2CCN(C(=O)c3c[nH]c4cc(Cl)ccc34)CC2)cc1. The van der Waals surface area contributed by atoms with Crippen LogP contribution < -0.4 is 5.06 Å². The monoisotopic (exact) mass is 383 g/mol. The highest BCUT2D eigenvalue weighted by atomic mass is 35.5. The Kier molecular flexibility index (Phi) is 4.81. The lowest BCUT2D eigenvalue weighted by atomic mass is 9.89. The van der Waals surface area contributed by atoms with E-state index in [0.29, 0.717) is 16.5 Å². The molecule has 0 aliphatic carbocycles. The Hall–Kier alpha value is -2.50. The number of benzene rings is 2. The Morgan fingerprint density at radius 1 is 1.19 bits per heavy atom. The van der Waals surface area contributed by atoms with Gasteiger partial charge in [-0.1, -0.05) is 29.8 Å². The van der Waals surface area contributed by atoms with Crippen LogP contribution in [0.15, 0.2) is 48.7 Å². The molecule has 0 radical (unpaired) electrons. The number of aromatic amines is 1. The third-order valence-corrected chi connectivity index (χ3v) is 5.63. The molecule has 3 aromatic rings. The smallest absolute Gasteiger partial charge is 0.256 e. The van der Waals surface area contributed by atoms with E-state index in [1.54, 1.807) is 13.2 Å². The summed E-state index contributed by atoms with van der Waals surface area (Å²) in [6, 6.07) is 13.5. The van der Waals surface area contributed by atoms with Crippen molar-refractivity contribution in [1.82, 2.24) is 9.88 Å². The second-order valence-electron chi connectivity index (χ2n) is 7.07. The van der Waals surface area contributed by atoms with Crippen LogP contribution in [-0.2, 0) is 0 Å². The molecule has 1 aliphatic heterocycles. The summed E-state index contributed by atoms with van der Waals surface area (Å²) in [5.41, 5.74) is 3.62. The zero-order valence-corrected chi connectivity index (χ0v) is 15.9. The van der Waals surface area contributed by atoms with E-state index in [0.717, 1.165) is 47.6 Å². The second-order valence-corrected chi connectivity index (χ2v) is 7.51. The molecule has 1 aliphatic rings. The van der Waals surface area contributed by atoms with Crippen LogP contribution in [0.4, 0.5) is 5.69 Å². The van der Waals surface area contributed by atoms with Gasteiger partial charge >= 0.3 is 0 Å². The summed E-state index contributed by atoms with van der Waals surface area (Å²) in [5.74, 6) is 0.508. The van der Waals surface area contributed by atoms with Crippen molar-refractivity contribution in [2.45, 2.75) is 18.8 Å². The number of halogens is 1. The van der Waals surface area contributed by atoms with Crippen LogP contribution in [0.25, 0.3) is 10.9 Å². The van der Waals surface area contributed by atoms with Crippen LogP contribution in [0.1, 0.15) is 34.7 Å². The summed E-state index contributed by atoms with van der Waals surface area (Å²) in [7, 11) is 1.61. The maximum atomic E-state index is 13.0. The summed E-state index contributed by atoms with van der Waals surface area (Å²) in [4.78, 5) is 18.0. The molecule has 0 atom stereocenters. The predicted octanol–water partition coefficient (Wildman–Crippen LogP) is 4.67. The van der Waals surface area contributed by atoms with Gasteiger partial charge in [-0.05, 0) is 48.6 Å². The number of nitrogens with zero attached hydrogens (tertiary/aromatic N) is 2. The van der Waals surface area contributed by atoms with E-state index in [2.05, 4.69) is 17.1 Å². The van der Waals surface area contributed by atoms with E-state index in [1.807, 2.05) is 35.2 Å². The van der Waals surface area contributed by atoms with Crippen molar-refractivity contribution in [3.63, 3.8) is 0 Å². The Morgan fingerprint density at radius 2 is 1.89 bits per heavy atom. The number of hydrogen-bond acceptors (Lipinski definition) is 3. The minimum absolute atomic E-state index is 0.0688. The fourth-order valence-corrected chi connectivity index (χ4v) is 4.00. The van der Waals surface area contributed by atoms with Gasteiger partial charge in [0.05, 0.1) is 11.3 Å². The van der Waals surface area contributed by atoms with Crippen LogP contribution in [0, 0.1) is 0 Å². The van der Waals surface area contributed by atoms with E-state index in [4.69, 9.17) is 11.6 Å². The van der Waals surface area contributed by atoms with Crippen LogP contribution >= 0.6 is 11.6 Å². The van der Waals surface area contributed by atoms with Crippen molar-refractivity contribution in [2.24, 2.45) is 0 Å². The van der Waals surface area contributed by atoms with Gasteiger partial charge in [0.25, 0.3) is 5.91 Å². The molecule has 27 heavy (non-hydrogen) atoms. The number of amides is 1. The van der Waals surface area contributed by atoms with Crippen molar-refractivity contribution in [3.05, 3.63) is 64.8 Å². The average Bonchev–Trinajstić information content (AvgIpc) is 3.10. The number of hydroxylamine groups is 1. The third kappa shape index (κ3) is 3.53. The largest absolute Gasteiger partial charge is 0.360 e. The molecule has 2 N–H and O–H groups in total. The van der Waals surface area contributed by atoms with Crippen LogP contribution in [0.2, 0.25) is 5.02 Å². The normalized spacial score (nSPS) is 15.3. The summed E-state index contributed by atoms with van der Waals surface area (Å²) in [6.45, 7) is 1.48. The van der Waals surface area contributed by atoms with Gasteiger partial charge in [-0.15, -0.1) is 0 Å². The maximum Gasteiger partial charge on any atom is 0.256 e. The van der Waals surface area contributed by atoms with Gasteiger partial charge in [0, 0.05) is 42.3 Å². The van der Waals surface area contributed by atoms with Gasteiger partial charge < -0.3 is 9.88 Å². The molecule has 1 aromatic heterocycles. The molecular formula is C21H22ClN3O2. The number of aromatic nitrogens is 1. The number of anilines is 1. The number of likely N-dealkylation sites (tertiary alicyclic amines) is 1. The summed E-state index contributed by atoms with van der Waals surface area (Å²) in [6.07, 6.45) is 3.65. The molecule has 1 saturated heterocycles. The number of carbonyl (C=O) groups excluding carboxylic acids is 1. The second kappa shape index (κ2) is 7.25. The molecule has 4 rings (SSSR count). The van der Waals surface area contributed by atoms with E-state index in [-0.39, 0.29) is 5.91 Å². The topological polar surface area (TPSA) is 59.6 Å². The van der Waals surface area contributed by atoms with Crippen molar-refractivity contribution < 1.29 is 10.0 Å². The number of hydrogen-bond donors (Lipinski definition) is 2. The highest BCUT2D eigenvalue weighted by molar-refractivity contribution is 6.31. The summed E-state index contributed by atoms with van der Waals surface area (Å²) >= 11 is 6.03. The molecule has 1 fully saturated rings. The van der Waals surface area contributed by atoms with Gasteiger partial charge in [0.2, 0.25) is 0 Å².